The zero-order chi connectivity index (χ0) is 17.4. The van der Waals surface area contributed by atoms with Gasteiger partial charge in [0, 0.05) is 0 Å². The second-order valence-electron chi connectivity index (χ2n) is 5.04. The molecule has 2 saturated heterocycles. The molecule has 2 amide bonds. The Balaban J connectivity index is 1.89. The predicted octanol–water partition coefficient (Wildman–Crippen LogP) is -0.674. The first-order valence-electron chi connectivity index (χ1n) is 6.91. The van der Waals surface area contributed by atoms with Crippen molar-refractivity contribution in [3.8, 4) is 0 Å². The number of ether oxygens (including phenoxy) is 2. The van der Waals surface area contributed by atoms with E-state index in [4.69, 9.17) is 10.1 Å². The van der Waals surface area contributed by atoms with Gasteiger partial charge in [0.1, 0.15) is 11.3 Å². The van der Waals surface area contributed by atoms with Crippen molar-refractivity contribution in [3.63, 3.8) is 0 Å². The molecule has 3 rings (SSSR count). The molecule has 0 spiro atoms. The van der Waals surface area contributed by atoms with Crippen molar-refractivity contribution in [2.75, 3.05) is 13.7 Å². The monoisotopic (exact) mass is 374 g/mol. The third kappa shape index (κ3) is 3.01. The fraction of sp³-hybridized carbons (Fsp3) is 0.583. The van der Waals surface area contributed by atoms with Crippen molar-refractivity contribution in [3.05, 3.63) is 0 Å². The third-order valence-corrected chi connectivity index (χ3v) is 5.91. The number of fused-ring (bicyclic) bond motifs is 1. The quantitative estimate of drug-likeness (QED) is 0.550. The first kappa shape index (κ1) is 17.2. The molecule has 24 heavy (non-hydrogen) atoms. The summed E-state index contributed by atoms with van der Waals surface area (Å²) < 4.78 is 10.3. The van der Waals surface area contributed by atoms with Crippen LogP contribution in [0.3, 0.4) is 0 Å². The molecular weight excluding hydrogens is 360 g/mol. The second kappa shape index (κ2) is 6.70. The van der Waals surface area contributed by atoms with Gasteiger partial charge in [-0.3, -0.25) is 30.0 Å². The molecule has 0 aromatic rings. The Kier molecular flexibility index (Phi) is 4.80. The number of amidine groups is 1. The molecule has 130 valence electrons. The summed E-state index contributed by atoms with van der Waals surface area (Å²) in [5.41, 5.74) is -0.612. The summed E-state index contributed by atoms with van der Waals surface area (Å²) in [5.74, 6) is -1.23. The molecule has 0 saturated carbocycles. The van der Waals surface area contributed by atoms with Gasteiger partial charge < -0.3 is 14.6 Å². The summed E-state index contributed by atoms with van der Waals surface area (Å²) in [6, 6.07) is 0. The van der Waals surface area contributed by atoms with Crippen LogP contribution in [0.15, 0.2) is 4.99 Å². The Labute approximate surface area is 144 Å². The van der Waals surface area contributed by atoms with E-state index < -0.39 is 39.3 Å². The minimum absolute atomic E-state index is 0.0294. The average Bonchev–Trinajstić information content (AvgIpc) is 3.07. The van der Waals surface area contributed by atoms with Crippen LogP contribution in [0.2, 0.25) is 0 Å². The Bertz CT molecular complexity index is 641. The van der Waals surface area contributed by atoms with Gasteiger partial charge in [0.25, 0.3) is 5.24 Å². The van der Waals surface area contributed by atoms with Gasteiger partial charge in [-0.25, -0.2) is 0 Å². The van der Waals surface area contributed by atoms with E-state index in [-0.39, 0.29) is 24.8 Å². The Morgan fingerprint density at radius 1 is 1.54 bits per heavy atom. The maximum atomic E-state index is 12.4. The number of rotatable bonds is 4. The highest BCUT2D eigenvalue weighted by Crippen LogP contribution is 2.41. The Hall–Kier alpha value is -1.63. The van der Waals surface area contributed by atoms with Gasteiger partial charge in [-0.05, 0) is 11.8 Å². The van der Waals surface area contributed by atoms with E-state index >= 15 is 0 Å². The van der Waals surface area contributed by atoms with Crippen LogP contribution >= 0.6 is 23.5 Å². The number of guanidine groups is 1. The van der Waals surface area contributed by atoms with Crippen LogP contribution in [0.25, 0.3) is 0 Å². The number of carbonyl (C=O) groups excluding carboxylic acids is 3. The zero-order valence-electron chi connectivity index (χ0n) is 12.4. The maximum absolute atomic E-state index is 12.4. The average molecular weight is 374 g/mol. The maximum Gasteiger partial charge on any atom is 0.306 e. The van der Waals surface area contributed by atoms with Crippen molar-refractivity contribution >= 4 is 52.4 Å². The highest BCUT2D eigenvalue weighted by Gasteiger charge is 2.52. The molecule has 0 bridgehead atoms. The number of hydrogen-bond donors (Lipinski definition) is 3. The largest absolute Gasteiger partial charge is 0.469 e. The van der Waals surface area contributed by atoms with E-state index in [0.29, 0.717) is 0 Å². The van der Waals surface area contributed by atoms with Crippen LogP contribution in [0.5, 0.6) is 0 Å². The van der Waals surface area contributed by atoms with Gasteiger partial charge in [0.15, 0.2) is 11.5 Å². The van der Waals surface area contributed by atoms with Crippen molar-refractivity contribution in [1.29, 1.82) is 5.41 Å². The standard InChI is InChI=1S/C12H14N4O6S2/c1-21-5(18)2-4-10(22-6(3-17)23-4)16-8-7(24-12(16)20)9(19)15-11(13)14-8/h4,6-7,10,17H,2-3H2,1H3,(H2,13,15,19). The smallest absolute Gasteiger partial charge is 0.306 e. The topological polar surface area (TPSA) is 141 Å². The number of carbonyl (C=O) groups is 3. The molecule has 3 heterocycles. The van der Waals surface area contributed by atoms with Crippen molar-refractivity contribution in [1.82, 2.24) is 10.2 Å². The van der Waals surface area contributed by atoms with Gasteiger partial charge >= 0.3 is 5.97 Å². The van der Waals surface area contributed by atoms with Gasteiger partial charge in [0.2, 0.25) is 11.9 Å². The van der Waals surface area contributed by atoms with E-state index in [1.54, 1.807) is 0 Å². The fourth-order valence-electron chi connectivity index (χ4n) is 2.52. The lowest BCUT2D eigenvalue weighted by molar-refractivity contribution is -0.141. The highest BCUT2D eigenvalue weighted by atomic mass is 32.2. The van der Waals surface area contributed by atoms with Crippen molar-refractivity contribution in [2.45, 2.75) is 28.6 Å². The third-order valence-electron chi connectivity index (χ3n) is 3.54. The number of aliphatic hydroxyl groups excluding tert-OH is 1. The molecule has 3 aliphatic rings. The van der Waals surface area contributed by atoms with E-state index in [0.717, 1.165) is 11.8 Å². The molecule has 3 N–H and O–H groups in total. The lowest BCUT2D eigenvalue weighted by Crippen LogP contribution is -2.52. The summed E-state index contributed by atoms with van der Waals surface area (Å²) in [7, 11) is 1.26. The number of nitrogens with zero attached hydrogens (tertiary/aromatic N) is 2. The molecule has 10 nitrogen and oxygen atoms in total. The van der Waals surface area contributed by atoms with E-state index in [1.807, 2.05) is 0 Å². The van der Waals surface area contributed by atoms with Gasteiger partial charge in [-0.2, -0.15) is 4.99 Å². The van der Waals surface area contributed by atoms with Crippen LogP contribution in [0, 0.1) is 5.41 Å². The predicted molar refractivity (Wildman–Crippen MR) is 85.7 cm³/mol. The molecule has 3 aliphatic heterocycles. The number of esters is 1. The number of amides is 2. The molecule has 4 atom stereocenters. The molecule has 0 aromatic heterocycles. The van der Waals surface area contributed by atoms with Crippen LogP contribution in [0.4, 0.5) is 4.79 Å². The minimum atomic E-state index is -0.881. The number of thioether (sulfide) groups is 2. The molecule has 0 aliphatic carbocycles. The Morgan fingerprint density at radius 2 is 2.29 bits per heavy atom. The molecule has 2 fully saturated rings. The minimum Gasteiger partial charge on any atom is -0.469 e. The van der Waals surface area contributed by atoms with Crippen LogP contribution < -0.4 is 5.32 Å². The SMILES string of the molecule is COC(=O)CC1SC(CO)OC1N1C(=O)SC2C(=O)NC(=N)N=C21. The number of hydrogen-bond acceptors (Lipinski definition) is 9. The molecule has 0 radical (unpaired) electrons. The van der Waals surface area contributed by atoms with Crippen LogP contribution in [-0.2, 0) is 19.1 Å². The van der Waals surface area contributed by atoms with E-state index in [9.17, 15) is 19.5 Å². The number of aliphatic hydroxyl groups is 1. The summed E-state index contributed by atoms with van der Waals surface area (Å²) in [4.78, 5) is 41.0. The van der Waals surface area contributed by atoms with Gasteiger partial charge in [-0.1, -0.05) is 0 Å². The lowest BCUT2D eigenvalue weighted by atomic mass is 10.2. The van der Waals surface area contributed by atoms with Gasteiger partial charge in [-0.15, -0.1) is 11.8 Å². The second-order valence-corrected chi connectivity index (χ2v) is 7.50. The molecule has 0 aromatic carbocycles. The molecule has 12 heteroatoms. The number of nitrogens with one attached hydrogen (secondary N) is 2. The number of methoxy groups -OCH3 is 1. The number of aliphatic imine (C=N–C) groups is 1. The van der Waals surface area contributed by atoms with E-state index in [2.05, 4.69) is 15.0 Å². The van der Waals surface area contributed by atoms with Crippen LogP contribution in [0.1, 0.15) is 6.42 Å². The highest BCUT2D eigenvalue weighted by molar-refractivity contribution is 8.16. The lowest BCUT2D eigenvalue weighted by Gasteiger charge is -2.28. The van der Waals surface area contributed by atoms with Crippen molar-refractivity contribution < 1.29 is 29.0 Å². The first-order valence-corrected chi connectivity index (χ1v) is 8.73. The summed E-state index contributed by atoms with van der Waals surface area (Å²) in [6.07, 6.45) is -0.910. The summed E-state index contributed by atoms with van der Waals surface area (Å²) in [5, 5.41) is 17.3. The van der Waals surface area contributed by atoms with Gasteiger partial charge in [0.05, 0.1) is 25.4 Å². The van der Waals surface area contributed by atoms with E-state index in [1.165, 1.54) is 23.8 Å². The van der Waals surface area contributed by atoms with Crippen LogP contribution in [-0.4, -0.2) is 74.8 Å². The summed E-state index contributed by atoms with van der Waals surface area (Å²) >= 11 is 1.98. The first-order chi connectivity index (χ1) is 11.4. The van der Waals surface area contributed by atoms with Crippen molar-refractivity contribution in [2.24, 2.45) is 4.99 Å². The normalized spacial score (nSPS) is 32.5. The Morgan fingerprint density at radius 3 is 2.96 bits per heavy atom. The molecular formula is C12H14N4O6S2. The fourth-order valence-corrected chi connectivity index (χ4v) is 4.68. The molecule has 4 unspecified atom stereocenters. The summed E-state index contributed by atoms with van der Waals surface area (Å²) in [6.45, 7) is -0.291. The zero-order valence-corrected chi connectivity index (χ0v) is 14.1.